The number of esters is 2. The number of hydrogen-bond donors (Lipinski definition) is 0. The minimum Gasteiger partial charge on any atom is -0.463 e. The molecule has 0 bridgehead atoms. The Hall–Kier alpha value is -3.66. The number of hydrogen-bond acceptors (Lipinski definition) is 4. The van der Waals surface area contributed by atoms with Crippen molar-refractivity contribution in [3.05, 3.63) is 102 Å². The molecule has 0 N–H and O–H groups in total. The van der Waals surface area contributed by atoms with Crippen LogP contribution in [0.1, 0.15) is 27.9 Å². The van der Waals surface area contributed by atoms with Gasteiger partial charge < -0.3 is 9.47 Å². The second-order valence-corrected chi connectivity index (χ2v) is 6.95. The van der Waals surface area contributed by atoms with Crippen LogP contribution >= 0.6 is 0 Å². The number of benzene rings is 3. The maximum Gasteiger partial charge on any atom is 0.343 e. The molecule has 0 unspecified atom stereocenters. The molecule has 0 saturated carbocycles. The molecule has 3 rings (SSSR count). The van der Waals surface area contributed by atoms with Crippen LogP contribution in [0.4, 0.5) is 0 Å². The van der Waals surface area contributed by atoms with Crippen molar-refractivity contribution in [1.29, 1.82) is 0 Å². The molecule has 0 spiro atoms. The first-order valence-corrected chi connectivity index (χ1v) is 9.82. The lowest BCUT2D eigenvalue weighted by atomic mass is 10.0. The van der Waals surface area contributed by atoms with E-state index in [1.54, 1.807) is 24.3 Å². The van der Waals surface area contributed by atoms with E-state index < -0.39 is 5.97 Å². The van der Waals surface area contributed by atoms with E-state index in [1.165, 1.54) is 11.6 Å². The van der Waals surface area contributed by atoms with E-state index in [9.17, 15) is 9.59 Å². The molecule has 0 amide bonds. The zero-order valence-corrected chi connectivity index (χ0v) is 17.0. The molecule has 0 aromatic heterocycles. The van der Waals surface area contributed by atoms with Gasteiger partial charge in [0.25, 0.3) is 0 Å². The number of rotatable bonds is 8. The highest BCUT2D eigenvalue weighted by molar-refractivity contribution is 5.91. The molecule has 30 heavy (non-hydrogen) atoms. The van der Waals surface area contributed by atoms with E-state index >= 15 is 0 Å². The first kappa shape index (κ1) is 21.1. The molecule has 0 saturated heterocycles. The fourth-order valence-corrected chi connectivity index (χ4v) is 2.94. The molecule has 0 aliphatic rings. The minimum atomic E-state index is -0.390. The van der Waals surface area contributed by atoms with Crippen LogP contribution < -0.4 is 4.74 Å². The van der Waals surface area contributed by atoms with E-state index in [2.05, 4.69) is 30.8 Å². The van der Waals surface area contributed by atoms with Crippen LogP contribution in [-0.4, -0.2) is 18.5 Å². The highest BCUT2D eigenvalue weighted by Gasteiger charge is 2.08. The standard InChI is InChI=1S/C26H24O4/c1-3-25(27)29-18-4-5-20-8-12-21(13-9-20)22-14-16-24(17-15-22)30-26(28)23-10-6-19(2)7-11-23/h3,6-17H,1,4-5,18H2,2H3. The van der Waals surface area contributed by atoms with Crippen molar-refractivity contribution in [1.82, 2.24) is 0 Å². The van der Waals surface area contributed by atoms with Gasteiger partial charge >= 0.3 is 11.9 Å². The average molecular weight is 400 g/mol. The van der Waals surface area contributed by atoms with E-state index in [4.69, 9.17) is 9.47 Å². The summed E-state index contributed by atoms with van der Waals surface area (Å²) in [7, 11) is 0. The second-order valence-electron chi connectivity index (χ2n) is 6.95. The molecule has 4 nitrogen and oxygen atoms in total. The molecule has 4 heteroatoms. The largest absolute Gasteiger partial charge is 0.463 e. The summed E-state index contributed by atoms with van der Waals surface area (Å²) in [5.74, 6) is -0.251. The Balaban J connectivity index is 1.55. The van der Waals surface area contributed by atoms with E-state index in [0.29, 0.717) is 17.9 Å². The molecular formula is C26H24O4. The monoisotopic (exact) mass is 400 g/mol. The third-order valence-corrected chi connectivity index (χ3v) is 4.66. The molecule has 0 aliphatic carbocycles. The van der Waals surface area contributed by atoms with Gasteiger partial charge in [0.2, 0.25) is 0 Å². The molecule has 0 atom stereocenters. The van der Waals surface area contributed by atoms with Gasteiger partial charge in [0.15, 0.2) is 0 Å². The summed E-state index contributed by atoms with van der Waals surface area (Å²) in [4.78, 5) is 23.2. The summed E-state index contributed by atoms with van der Waals surface area (Å²) < 4.78 is 10.4. The van der Waals surface area contributed by atoms with Gasteiger partial charge in [0, 0.05) is 6.08 Å². The Morgan fingerprint density at radius 1 is 0.867 bits per heavy atom. The molecule has 152 valence electrons. The number of carbonyl (C=O) groups is 2. The molecule has 0 radical (unpaired) electrons. The highest BCUT2D eigenvalue weighted by Crippen LogP contribution is 2.23. The smallest absolute Gasteiger partial charge is 0.343 e. The first-order valence-electron chi connectivity index (χ1n) is 9.82. The third-order valence-electron chi connectivity index (χ3n) is 4.66. The molecule has 0 aliphatic heterocycles. The Labute approximate surface area is 176 Å². The van der Waals surface area contributed by atoms with Crippen molar-refractivity contribution in [2.45, 2.75) is 19.8 Å². The predicted molar refractivity (Wildman–Crippen MR) is 117 cm³/mol. The van der Waals surface area contributed by atoms with Crippen molar-refractivity contribution in [3.63, 3.8) is 0 Å². The lowest BCUT2D eigenvalue weighted by molar-refractivity contribution is -0.137. The average Bonchev–Trinajstić information content (AvgIpc) is 2.78. The van der Waals surface area contributed by atoms with Crippen LogP contribution in [0, 0.1) is 6.92 Å². The summed E-state index contributed by atoms with van der Waals surface area (Å²) in [5, 5.41) is 0. The second kappa shape index (κ2) is 10.2. The normalized spacial score (nSPS) is 10.3. The molecular weight excluding hydrogens is 376 g/mol. The van der Waals surface area contributed by atoms with Crippen LogP contribution in [0.15, 0.2) is 85.5 Å². The Kier molecular flexibility index (Phi) is 7.17. The van der Waals surface area contributed by atoms with Crippen LogP contribution in [0.25, 0.3) is 11.1 Å². The minimum absolute atomic E-state index is 0.370. The number of ether oxygens (including phenoxy) is 2. The quantitative estimate of drug-likeness (QED) is 0.215. The lowest BCUT2D eigenvalue weighted by Gasteiger charge is -2.08. The zero-order chi connectivity index (χ0) is 21.3. The van der Waals surface area contributed by atoms with Gasteiger partial charge in [-0.05, 0) is 60.7 Å². The van der Waals surface area contributed by atoms with Crippen molar-refractivity contribution in [2.75, 3.05) is 6.61 Å². The van der Waals surface area contributed by atoms with Gasteiger partial charge in [0.1, 0.15) is 5.75 Å². The summed E-state index contributed by atoms with van der Waals surface area (Å²) in [6, 6.07) is 23.0. The fraction of sp³-hybridized carbons (Fsp3) is 0.154. The van der Waals surface area contributed by atoms with Crippen molar-refractivity contribution >= 4 is 11.9 Å². The number of carbonyl (C=O) groups excluding carboxylic acids is 2. The maximum atomic E-state index is 12.2. The van der Waals surface area contributed by atoms with Crippen LogP contribution in [0.3, 0.4) is 0 Å². The van der Waals surface area contributed by atoms with E-state index in [0.717, 1.165) is 29.5 Å². The van der Waals surface area contributed by atoms with E-state index in [-0.39, 0.29) is 5.97 Å². The van der Waals surface area contributed by atoms with Crippen LogP contribution in [0.2, 0.25) is 0 Å². The van der Waals surface area contributed by atoms with Gasteiger partial charge in [-0.3, -0.25) is 0 Å². The van der Waals surface area contributed by atoms with Gasteiger partial charge in [-0.25, -0.2) is 9.59 Å². The van der Waals surface area contributed by atoms with Crippen molar-refractivity contribution in [2.24, 2.45) is 0 Å². The Bertz CT molecular complexity index is 1000. The molecule has 0 heterocycles. The first-order chi connectivity index (χ1) is 14.5. The van der Waals surface area contributed by atoms with Gasteiger partial charge in [0.05, 0.1) is 12.2 Å². The van der Waals surface area contributed by atoms with Crippen LogP contribution in [-0.2, 0) is 16.0 Å². The van der Waals surface area contributed by atoms with Crippen molar-refractivity contribution in [3.8, 4) is 16.9 Å². The third kappa shape index (κ3) is 5.92. The van der Waals surface area contributed by atoms with Crippen molar-refractivity contribution < 1.29 is 19.1 Å². The molecule has 3 aromatic rings. The summed E-state index contributed by atoms with van der Waals surface area (Å²) in [5.41, 5.74) is 4.92. The SMILES string of the molecule is C=CC(=O)OCCCc1ccc(-c2ccc(OC(=O)c3ccc(C)cc3)cc2)cc1. The molecule has 0 fully saturated rings. The Morgan fingerprint density at radius 2 is 1.47 bits per heavy atom. The summed E-state index contributed by atoms with van der Waals surface area (Å²) >= 11 is 0. The molecule has 3 aromatic carbocycles. The highest BCUT2D eigenvalue weighted by atomic mass is 16.5. The van der Waals surface area contributed by atoms with Gasteiger partial charge in [-0.15, -0.1) is 0 Å². The van der Waals surface area contributed by atoms with Crippen LogP contribution in [0.5, 0.6) is 5.75 Å². The van der Waals surface area contributed by atoms with E-state index in [1.807, 2.05) is 31.2 Å². The predicted octanol–water partition coefficient (Wildman–Crippen LogP) is 5.54. The summed E-state index contributed by atoms with van der Waals surface area (Å²) in [6.07, 6.45) is 2.77. The maximum absolute atomic E-state index is 12.2. The van der Waals surface area contributed by atoms with Gasteiger partial charge in [-0.2, -0.15) is 0 Å². The lowest BCUT2D eigenvalue weighted by Crippen LogP contribution is -2.08. The van der Waals surface area contributed by atoms with Gasteiger partial charge in [-0.1, -0.05) is 60.7 Å². The fourth-order valence-electron chi connectivity index (χ4n) is 2.94. The Morgan fingerprint density at radius 3 is 2.07 bits per heavy atom. The zero-order valence-electron chi connectivity index (χ0n) is 17.0. The number of aryl methyl sites for hydroxylation is 2. The topological polar surface area (TPSA) is 52.6 Å². The summed E-state index contributed by atoms with van der Waals surface area (Å²) in [6.45, 7) is 5.73.